The Morgan fingerprint density at radius 3 is 1.31 bits per heavy atom. The zero-order valence-electron chi connectivity index (χ0n) is 73.7. The van der Waals surface area contributed by atoms with E-state index in [1.54, 1.807) is 139 Å². The smallest absolute Gasteiger partial charge is 0.488 e. The van der Waals surface area contributed by atoms with Gasteiger partial charge in [0.15, 0.2) is 22.9 Å². The molecule has 36 heteroatoms. The van der Waals surface area contributed by atoms with E-state index in [1.807, 2.05) is 137 Å². The van der Waals surface area contributed by atoms with E-state index in [4.69, 9.17) is 76.0 Å². The SMILES string of the molecule is CN(C/C=C/C(=O)O)C1CC1.COc1cc(N)cc(-n2c(=O)n(-c3ccc(Oc4ccccc4)cc3C)c3c(N)ncnc32)c1.COc1cc(NC(=O)OC(C)(C)C)cc(-n2c(=O)n(-c3ccc(Oc4ccccc4)cc3C)c3c(N)ncnc32)c1.COc1cc(NC(=O)OC(C)(C)C)cc(N2C(=O)Cc3c(N)ncnc32)c1.Cc1cc(Oc2ccccc2)ccc1B(O)O. The first kappa shape index (κ1) is 93.1. The van der Waals surface area contributed by atoms with Crippen molar-refractivity contribution in [2.45, 2.75) is 98.8 Å². The molecule has 0 radical (unpaired) electrons. The van der Waals surface area contributed by atoms with Gasteiger partial charge in [-0.25, -0.2) is 63.0 Å². The van der Waals surface area contributed by atoms with Gasteiger partial charge < -0.3 is 76.0 Å². The fourth-order valence-corrected chi connectivity index (χ4v) is 13.6. The zero-order chi connectivity index (χ0) is 93.4. The van der Waals surface area contributed by atoms with E-state index in [-0.39, 0.29) is 41.1 Å². The van der Waals surface area contributed by atoms with Crippen LogP contribution in [0.2, 0.25) is 0 Å². The number of hydrogen-bond acceptors (Lipinski definition) is 27. The van der Waals surface area contributed by atoms with Crippen LogP contribution in [0, 0.1) is 20.8 Å². The maximum absolute atomic E-state index is 14.1. The van der Waals surface area contributed by atoms with Crippen molar-refractivity contribution in [1.82, 2.24) is 53.1 Å². The third-order valence-electron chi connectivity index (χ3n) is 19.6. The second-order valence-electron chi connectivity index (χ2n) is 31.7. The number of imidazole rings is 2. The van der Waals surface area contributed by atoms with Crippen LogP contribution in [0.15, 0.2) is 241 Å². The average Bonchev–Trinajstić information content (AvgIpc) is 1.59. The molecular formula is C94H99BN18O17. The Kier molecular flexibility index (Phi) is 29.3. The van der Waals surface area contributed by atoms with E-state index in [0.29, 0.717) is 125 Å². The molecule has 0 atom stereocenters. The number of anilines is 8. The van der Waals surface area contributed by atoms with Crippen LogP contribution in [0.3, 0.4) is 0 Å². The molecule has 3 amide bonds. The Morgan fingerprint density at radius 2 is 0.892 bits per heavy atom. The van der Waals surface area contributed by atoms with Gasteiger partial charge in [0.25, 0.3) is 0 Å². The standard InChI is InChI=1S/C30H30N6O5.C25H22N6O3.C18H21N5O4.C13H13BO3.C8H13NO2/c1-18-13-22(40-21-9-7-6-8-10-21)11-12-24(18)36-25-26(31)32-17-33-27(25)35(29(36)38)20-14-19(15-23(16-20)39-5)34-28(37)41-30(2,3)4;1-15-10-19(34-18-6-4-3-5-7-18)8-9-21(15)31-22-23(27)28-14-29-24(22)30(25(31)32)17-11-16(26)12-20(13-17)33-2;1-18(2,3)27-17(25)22-10-5-11(7-12(6-10)26-4)23-14(24)8-13-15(19)20-9-21-16(13)23;1-10-9-12(7-8-13(10)14(15)16)17-11-5-3-2-4-6-11;1-9(7-4-5-7)6-2-3-8(10)11/h6-17H,1-5H3,(H,34,37)(H2,31,32,33);3-14H,26H2,1-2H3,(H2,27,28,29);5-7,9H,8H2,1-4H3,(H,22,25)(H2,19,20,21);2-9,15-16H,1H3;2-3,7H,4-6H2,1H3,(H,10,11)/b;;;;3-2+. The largest absolute Gasteiger partial charge is 0.497 e. The van der Waals surface area contributed by atoms with Gasteiger partial charge >= 0.3 is 36.7 Å². The lowest BCUT2D eigenvalue weighted by atomic mass is 9.77. The fourth-order valence-electron chi connectivity index (χ4n) is 13.6. The van der Waals surface area contributed by atoms with Crippen molar-refractivity contribution in [1.29, 1.82) is 0 Å². The number of carboxylic acid groups (broad SMARTS) is 1. The number of nitrogen functional groups attached to an aromatic ring is 4. The van der Waals surface area contributed by atoms with E-state index in [1.165, 1.54) is 82.4 Å². The number of hydrogen-bond donors (Lipinski definition) is 9. The molecule has 2 aliphatic rings. The van der Waals surface area contributed by atoms with E-state index in [9.17, 15) is 28.8 Å². The van der Waals surface area contributed by atoms with Gasteiger partial charge in [0.05, 0.1) is 56.2 Å². The van der Waals surface area contributed by atoms with Gasteiger partial charge in [0.1, 0.15) is 105 Å². The quantitative estimate of drug-likeness (QED) is 0.0183. The Labute approximate surface area is 747 Å². The molecule has 14 aromatic rings. The summed E-state index contributed by atoms with van der Waals surface area (Å²) >= 11 is 0. The summed E-state index contributed by atoms with van der Waals surface area (Å²) in [5.41, 5.74) is 30.9. The number of nitrogens with two attached hydrogens (primary N) is 4. The van der Waals surface area contributed by atoms with Crippen LogP contribution in [0.25, 0.3) is 45.1 Å². The molecule has 16 rings (SSSR count). The molecule has 1 fully saturated rings. The van der Waals surface area contributed by atoms with Crippen LogP contribution in [0.5, 0.6) is 51.7 Å². The molecule has 9 aromatic carbocycles. The molecule has 0 bridgehead atoms. The number of benzene rings is 9. The van der Waals surface area contributed by atoms with Crippen molar-refractivity contribution in [2.24, 2.45) is 0 Å². The minimum atomic E-state index is -1.44. The summed E-state index contributed by atoms with van der Waals surface area (Å²) in [5, 5.41) is 31.8. The van der Waals surface area contributed by atoms with Gasteiger partial charge in [-0.1, -0.05) is 66.7 Å². The molecule has 5 aromatic heterocycles. The monoisotopic (exact) mass is 1760 g/mol. The number of para-hydroxylation sites is 3. The number of rotatable bonds is 21. The Morgan fingerprint density at radius 1 is 0.485 bits per heavy atom. The van der Waals surface area contributed by atoms with Crippen LogP contribution < -0.4 is 83.7 Å². The second-order valence-corrected chi connectivity index (χ2v) is 31.7. The van der Waals surface area contributed by atoms with Gasteiger partial charge in [0.2, 0.25) is 5.91 Å². The molecule has 35 nitrogen and oxygen atoms in total. The molecule has 0 unspecified atom stereocenters. The van der Waals surface area contributed by atoms with Crippen molar-refractivity contribution >= 4 is 105 Å². The zero-order valence-corrected chi connectivity index (χ0v) is 73.7. The molecule has 1 saturated carbocycles. The predicted octanol–water partition coefficient (Wildman–Crippen LogP) is 14.3. The van der Waals surface area contributed by atoms with E-state index < -0.39 is 42.2 Å². The molecule has 0 spiro atoms. The highest BCUT2D eigenvalue weighted by Gasteiger charge is 2.34. The average molecular weight is 1760 g/mol. The normalized spacial score (nSPS) is 12.1. The van der Waals surface area contributed by atoms with Gasteiger partial charge in [-0.15, -0.1) is 0 Å². The highest BCUT2D eigenvalue weighted by Crippen LogP contribution is 2.40. The van der Waals surface area contributed by atoms with Crippen molar-refractivity contribution in [2.75, 3.05) is 73.4 Å². The lowest BCUT2D eigenvalue weighted by Gasteiger charge is -2.21. The highest BCUT2D eigenvalue weighted by atomic mass is 16.6. The summed E-state index contributed by atoms with van der Waals surface area (Å²) in [4.78, 5) is 104. The van der Waals surface area contributed by atoms with Gasteiger partial charge in [-0.2, -0.15) is 0 Å². The van der Waals surface area contributed by atoms with Crippen LogP contribution in [-0.2, 0) is 25.5 Å². The van der Waals surface area contributed by atoms with E-state index >= 15 is 0 Å². The molecule has 670 valence electrons. The summed E-state index contributed by atoms with van der Waals surface area (Å²) in [7, 11) is 5.10. The highest BCUT2D eigenvalue weighted by molar-refractivity contribution is 6.59. The molecule has 1 aliphatic heterocycles. The van der Waals surface area contributed by atoms with Gasteiger partial charge in [0, 0.05) is 77.7 Å². The minimum absolute atomic E-state index is 0.105. The van der Waals surface area contributed by atoms with Crippen molar-refractivity contribution < 1.29 is 72.2 Å². The Bertz CT molecular complexity index is 6610. The third kappa shape index (κ3) is 23.5. The molecular weight excluding hydrogens is 1660 g/mol. The molecule has 13 N–H and O–H groups in total. The summed E-state index contributed by atoms with van der Waals surface area (Å²) in [6.45, 7) is 16.9. The lowest BCUT2D eigenvalue weighted by molar-refractivity contribution is -0.131. The molecule has 130 heavy (non-hydrogen) atoms. The van der Waals surface area contributed by atoms with Crippen LogP contribution in [-0.4, -0.2) is 152 Å². The number of nitrogens with zero attached hydrogens (tertiary/aromatic N) is 12. The number of ether oxygens (including phenoxy) is 8. The lowest BCUT2D eigenvalue weighted by Crippen LogP contribution is -2.31. The summed E-state index contributed by atoms with van der Waals surface area (Å²) in [6, 6.07) is 60.0. The fraction of sp³-hybridized carbons (Fsp3) is 0.213. The number of aromatic nitrogens is 10. The number of fused-ring (bicyclic) bond motifs is 3. The van der Waals surface area contributed by atoms with Gasteiger partial charge in [-0.3, -0.25) is 34.4 Å². The first-order chi connectivity index (χ1) is 62.0. The van der Waals surface area contributed by atoms with Crippen molar-refractivity contribution in [3.8, 4) is 74.5 Å². The maximum atomic E-state index is 14.1. The molecule has 6 heterocycles. The first-order valence-electron chi connectivity index (χ1n) is 40.7. The number of methoxy groups -OCH3 is 3. The van der Waals surface area contributed by atoms with E-state index in [2.05, 4.69) is 45.4 Å². The number of likely N-dealkylation sites (N-methyl/N-ethyl adjacent to an activating group) is 1. The number of nitrogens with one attached hydrogen (secondary N) is 2. The summed E-state index contributed by atoms with van der Waals surface area (Å²) in [6.07, 6.45) is 8.17. The number of carbonyl (C=O) groups excluding carboxylic acids is 3. The van der Waals surface area contributed by atoms with Crippen molar-refractivity contribution in [3.63, 3.8) is 0 Å². The molecule has 0 saturated heterocycles. The Balaban J connectivity index is 0.000000156. The van der Waals surface area contributed by atoms with Gasteiger partial charge in [-0.05, 0) is 207 Å². The van der Waals surface area contributed by atoms with E-state index in [0.717, 1.165) is 34.7 Å². The number of carboxylic acids is 1. The van der Waals surface area contributed by atoms with Crippen LogP contribution in [0.1, 0.15) is 76.6 Å². The van der Waals surface area contributed by atoms with Crippen molar-refractivity contribution in [3.05, 3.63) is 275 Å². The topological polar surface area (TPSA) is 469 Å². The minimum Gasteiger partial charge on any atom is -0.497 e. The number of aryl methyl sites for hydroxylation is 3. The van der Waals surface area contributed by atoms with Crippen LogP contribution >= 0.6 is 0 Å². The number of carbonyl (C=O) groups is 4. The predicted molar refractivity (Wildman–Crippen MR) is 498 cm³/mol. The summed E-state index contributed by atoms with van der Waals surface area (Å²) < 4.78 is 50.1. The third-order valence-corrected chi connectivity index (χ3v) is 19.6. The summed E-state index contributed by atoms with van der Waals surface area (Å²) in [5.74, 6) is 5.42. The Hall–Kier alpha value is -16.1. The number of aliphatic carboxylic acids is 1. The van der Waals surface area contributed by atoms with Crippen LogP contribution in [0.4, 0.5) is 55.6 Å². The first-order valence-corrected chi connectivity index (χ1v) is 40.7. The maximum Gasteiger partial charge on any atom is 0.488 e. The second kappa shape index (κ2) is 40.9. The number of amides is 3. The molecule has 1 aliphatic carbocycles.